The molecule has 1 aliphatic carbocycles. The molecular weight excluding hydrogens is 400 g/mol. The van der Waals surface area contributed by atoms with Crippen LogP contribution < -0.4 is 4.57 Å². The molecular formula is C27H33N2O3+. The molecule has 0 saturated heterocycles. The Bertz CT molecular complexity index is 1050. The zero-order valence-electron chi connectivity index (χ0n) is 19.3. The number of imidazole rings is 1. The molecule has 0 radical (unpaired) electrons. The van der Waals surface area contributed by atoms with Crippen LogP contribution in [0.3, 0.4) is 0 Å². The Labute approximate surface area is 190 Å². The molecule has 5 nitrogen and oxygen atoms in total. The normalized spacial score (nSPS) is 13.9. The van der Waals surface area contributed by atoms with Gasteiger partial charge in [-0.1, -0.05) is 59.7 Å². The number of hydrogen-bond donors (Lipinski definition) is 1. The zero-order valence-corrected chi connectivity index (χ0v) is 19.3. The molecule has 0 spiro atoms. The second kappa shape index (κ2) is 9.29. The first-order chi connectivity index (χ1) is 15.4. The van der Waals surface area contributed by atoms with Crippen LogP contribution in [0.1, 0.15) is 47.3 Å². The van der Waals surface area contributed by atoms with Gasteiger partial charge in [0.15, 0.2) is 0 Å². The number of benzene rings is 2. The Balaban J connectivity index is 1.44. The van der Waals surface area contributed by atoms with Crippen molar-refractivity contribution in [2.24, 2.45) is 5.92 Å². The van der Waals surface area contributed by atoms with Gasteiger partial charge in [0.25, 0.3) is 5.82 Å². The maximum atomic E-state index is 13.2. The van der Waals surface area contributed by atoms with Crippen LogP contribution in [-0.4, -0.2) is 22.2 Å². The van der Waals surface area contributed by atoms with E-state index in [0.29, 0.717) is 17.5 Å². The number of aromatic nitrogens is 2. The van der Waals surface area contributed by atoms with E-state index in [-0.39, 0.29) is 6.61 Å². The number of esters is 1. The van der Waals surface area contributed by atoms with Gasteiger partial charge in [-0.25, -0.2) is 13.9 Å². The van der Waals surface area contributed by atoms with Crippen LogP contribution in [-0.2, 0) is 28.2 Å². The lowest BCUT2D eigenvalue weighted by atomic mass is 9.85. The van der Waals surface area contributed by atoms with Crippen molar-refractivity contribution in [1.82, 2.24) is 4.57 Å². The monoisotopic (exact) mass is 433 g/mol. The molecule has 3 aromatic rings. The van der Waals surface area contributed by atoms with E-state index in [1.807, 2.05) is 50.2 Å². The van der Waals surface area contributed by atoms with Gasteiger partial charge in [-0.3, -0.25) is 0 Å². The third-order valence-electron chi connectivity index (χ3n) is 6.35. The molecule has 5 heteroatoms. The summed E-state index contributed by atoms with van der Waals surface area (Å²) in [4.78, 5) is 13.2. The van der Waals surface area contributed by atoms with E-state index in [9.17, 15) is 9.90 Å². The summed E-state index contributed by atoms with van der Waals surface area (Å²) >= 11 is 0. The summed E-state index contributed by atoms with van der Waals surface area (Å²) in [5, 5.41) is 11.6. The lowest BCUT2D eigenvalue weighted by Gasteiger charge is -2.27. The van der Waals surface area contributed by atoms with Crippen LogP contribution in [0.4, 0.5) is 0 Å². The average Bonchev–Trinajstić information content (AvgIpc) is 3.54. The largest absolute Gasteiger partial charge is 0.463 e. The van der Waals surface area contributed by atoms with E-state index >= 15 is 0 Å². The number of carbonyl (C=O) groups is 1. The van der Waals surface area contributed by atoms with Crippen molar-refractivity contribution in [3.05, 3.63) is 89.0 Å². The topological polar surface area (TPSA) is 55.3 Å². The molecule has 0 unspecified atom stereocenters. The third kappa shape index (κ3) is 4.78. The Morgan fingerprint density at radius 3 is 2.28 bits per heavy atom. The second-order valence-electron chi connectivity index (χ2n) is 9.07. The highest BCUT2D eigenvalue weighted by Gasteiger charge is 2.42. The van der Waals surface area contributed by atoms with Gasteiger partial charge >= 0.3 is 5.97 Å². The highest BCUT2D eigenvalue weighted by Crippen LogP contribution is 2.32. The smallest absolute Gasteiger partial charge is 0.347 e. The van der Waals surface area contributed by atoms with Crippen molar-refractivity contribution in [3.8, 4) is 0 Å². The van der Waals surface area contributed by atoms with Crippen LogP contribution in [0.2, 0.25) is 0 Å². The van der Waals surface area contributed by atoms with E-state index in [4.69, 9.17) is 4.74 Å². The Morgan fingerprint density at radius 2 is 1.72 bits per heavy atom. The number of hydrogen-bond acceptors (Lipinski definition) is 3. The summed E-state index contributed by atoms with van der Waals surface area (Å²) in [7, 11) is 0. The minimum atomic E-state index is -1.84. The fourth-order valence-electron chi connectivity index (χ4n) is 4.20. The molecule has 0 atom stereocenters. The predicted octanol–water partition coefficient (Wildman–Crippen LogP) is 3.98. The first kappa shape index (κ1) is 22.3. The first-order valence-corrected chi connectivity index (χ1v) is 11.5. The van der Waals surface area contributed by atoms with Crippen molar-refractivity contribution < 1.29 is 19.2 Å². The fourth-order valence-corrected chi connectivity index (χ4v) is 4.20. The Morgan fingerprint density at radius 1 is 1.09 bits per heavy atom. The number of rotatable bonds is 9. The lowest BCUT2D eigenvalue weighted by Crippen LogP contribution is -2.39. The van der Waals surface area contributed by atoms with E-state index < -0.39 is 11.6 Å². The van der Waals surface area contributed by atoms with E-state index in [2.05, 4.69) is 28.5 Å². The Hall–Kier alpha value is -2.92. The molecule has 0 bridgehead atoms. The highest BCUT2D eigenvalue weighted by atomic mass is 16.5. The lowest BCUT2D eigenvalue weighted by molar-refractivity contribution is -0.705. The van der Waals surface area contributed by atoms with E-state index in [1.165, 1.54) is 18.7 Å². The molecule has 0 aliphatic heterocycles. The van der Waals surface area contributed by atoms with Crippen LogP contribution in [0, 0.1) is 26.7 Å². The maximum Gasteiger partial charge on any atom is 0.347 e. The number of aliphatic hydroxyl groups is 1. The van der Waals surface area contributed by atoms with Crippen LogP contribution in [0.15, 0.2) is 60.9 Å². The number of ether oxygens (including phenoxy) is 1. The van der Waals surface area contributed by atoms with Crippen LogP contribution in [0.5, 0.6) is 0 Å². The van der Waals surface area contributed by atoms with Crippen molar-refractivity contribution >= 4 is 5.97 Å². The van der Waals surface area contributed by atoms with Gasteiger partial charge in [-0.2, -0.15) is 0 Å². The number of nitrogens with zero attached hydrogens (tertiary/aromatic N) is 2. The predicted molar refractivity (Wildman–Crippen MR) is 123 cm³/mol. The zero-order chi connectivity index (χ0) is 22.7. The van der Waals surface area contributed by atoms with Gasteiger partial charge in [-0.05, 0) is 43.7 Å². The van der Waals surface area contributed by atoms with Gasteiger partial charge in [0.2, 0.25) is 5.60 Å². The molecule has 32 heavy (non-hydrogen) atoms. The minimum Gasteiger partial charge on any atom is -0.463 e. The van der Waals surface area contributed by atoms with Gasteiger partial charge in [0.05, 0.1) is 19.7 Å². The van der Waals surface area contributed by atoms with Crippen molar-refractivity contribution in [2.45, 2.75) is 58.7 Å². The summed E-state index contributed by atoms with van der Waals surface area (Å²) in [5.41, 5.74) is 1.16. The molecule has 168 valence electrons. The highest BCUT2D eigenvalue weighted by molar-refractivity contribution is 5.85. The second-order valence-corrected chi connectivity index (χ2v) is 9.07. The number of aryl methyl sites for hydroxylation is 3. The standard InChI is InChI=1S/C27H33N2O3/c1-20-7-4-9-24(17-20)27(31,25-10-5-8-21(2)18-25)26(30)32-16-6-13-28-14-15-29(22(28)3)19-23-11-12-23/h4-5,7-10,14-15,17-18,23,31H,6,11-13,16,19H2,1-3H3/q+1. The van der Waals surface area contributed by atoms with Gasteiger partial charge in [0.1, 0.15) is 12.4 Å². The molecule has 2 aromatic carbocycles. The van der Waals surface area contributed by atoms with Gasteiger partial charge in [0, 0.05) is 13.3 Å². The van der Waals surface area contributed by atoms with E-state index in [0.717, 1.165) is 30.1 Å². The first-order valence-electron chi connectivity index (χ1n) is 11.5. The molecule has 1 aromatic heterocycles. The Kier molecular flexibility index (Phi) is 6.47. The van der Waals surface area contributed by atoms with Crippen LogP contribution >= 0.6 is 0 Å². The molecule has 0 amide bonds. The average molecular weight is 434 g/mol. The molecule has 1 saturated carbocycles. The summed E-state index contributed by atoms with van der Waals surface area (Å²) in [6.07, 6.45) is 7.57. The van der Waals surface area contributed by atoms with Gasteiger partial charge < -0.3 is 9.84 Å². The summed E-state index contributed by atoms with van der Waals surface area (Å²) in [5.74, 6) is 1.41. The van der Waals surface area contributed by atoms with Crippen molar-refractivity contribution in [3.63, 3.8) is 0 Å². The molecule has 1 N–H and O–H groups in total. The molecule has 1 heterocycles. The quantitative estimate of drug-likeness (QED) is 0.316. The maximum absolute atomic E-state index is 13.2. The van der Waals surface area contributed by atoms with Gasteiger partial charge in [-0.15, -0.1) is 0 Å². The molecule has 1 aliphatic rings. The third-order valence-corrected chi connectivity index (χ3v) is 6.35. The van der Waals surface area contributed by atoms with Crippen molar-refractivity contribution in [2.75, 3.05) is 6.61 Å². The van der Waals surface area contributed by atoms with E-state index in [1.54, 1.807) is 12.1 Å². The molecule has 4 rings (SSSR count). The fraction of sp³-hybridized carbons (Fsp3) is 0.407. The van der Waals surface area contributed by atoms with Crippen molar-refractivity contribution in [1.29, 1.82) is 0 Å². The SMILES string of the molecule is Cc1cccc(C(O)(C(=O)OCCCn2cc[n+](CC3CC3)c2C)c2cccc(C)c2)c1. The summed E-state index contributed by atoms with van der Waals surface area (Å²) in [6.45, 7) is 8.13. The summed E-state index contributed by atoms with van der Waals surface area (Å²) < 4.78 is 10.1. The molecule has 1 fully saturated rings. The number of carbonyl (C=O) groups excluding carboxylic acids is 1. The van der Waals surface area contributed by atoms with Crippen LogP contribution in [0.25, 0.3) is 0 Å². The minimum absolute atomic E-state index is 0.249. The summed E-state index contributed by atoms with van der Waals surface area (Å²) in [6, 6.07) is 14.8.